The van der Waals surface area contributed by atoms with E-state index in [9.17, 15) is 4.79 Å². The summed E-state index contributed by atoms with van der Waals surface area (Å²) in [5, 5.41) is 5.90. The number of methoxy groups -OCH3 is 2. The largest absolute Gasteiger partial charge is 0.493 e. The smallest absolute Gasteiger partial charge is 0.282 e. The first-order chi connectivity index (χ1) is 18.3. The van der Waals surface area contributed by atoms with E-state index in [1.807, 2.05) is 36.4 Å². The zero-order valence-electron chi connectivity index (χ0n) is 22.0. The molecule has 5 aromatic rings. The molecule has 0 N–H and O–H groups in total. The topological polar surface area (TPSA) is 88.1 Å². The molecule has 2 heterocycles. The molecule has 5 rings (SSSR count). The van der Waals surface area contributed by atoms with Crippen molar-refractivity contribution in [3.05, 3.63) is 82.6 Å². The fraction of sp³-hybridized carbons (Fsp3) is 0.233. The van der Waals surface area contributed by atoms with Gasteiger partial charge in [-0.1, -0.05) is 51.1 Å². The Hall–Kier alpha value is -4.59. The second-order valence-corrected chi connectivity index (χ2v) is 10.1. The van der Waals surface area contributed by atoms with E-state index in [1.165, 1.54) is 4.68 Å². The average Bonchev–Trinajstić information content (AvgIpc) is 3.35. The molecule has 0 unspecified atom stereocenters. The molecule has 2 aromatic heterocycles. The van der Waals surface area contributed by atoms with Gasteiger partial charge in [-0.2, -0.15) is 9.78 Å². The number of benzene rings is 3. The van der Waals surface area contributed by atoms with Gasteiger partial charge in [-0.05, 0) is 41.8 Å². The van der Waals surface area contributed by atoms with E-state index in [4.69, 9.17) is 23.6 Å². The summed E-state index contributed by atoms with van der Waals surface area (Å²) in [6, 6.07) is 20.2. The van der Waals surface area contributed by atoms with Crippen LogP contribution in [0.4, 0.5) is 0 Å². The second-order valence-electron chi connectivity index (χ2n) is 10.1. The Labute approximate surface area is 220 Å². The van der Waals surface area contributed by atoms with Gasteiger partial charge in [0.25, 0.3) is 5.56 Å². The fourth-order valence-corrected chi connectivity index (χ4v) is 4.01. The quantitative estimate of drug-likeness (QED) is 0.244. The molecule has 3 aromatic carbocycles. The maximum atomic E-state index is 13.5. The summed E-state index contributed by atoms with van der Waals surface area (Å²) in [5.41, 5.74) is 1.54. The molecular formula is C30H29N3O5. The van der Waals surface area contributed by atoms with Crippen molar-refractivity contribution in [2.24, 2.45) is 10.5 Å². The first kappa shape index (κ1) is 25.1. The highest BCUT2D eigenvalue weighted by molar-refractivity contribution is 5.85. The summed E-state index contributed by atoms with van der Waals surface area (Å²) in [6.45, 7) is 6.73. The number of rotatable bonds is 7. The lowest BCUT2D eigenvalue weighted by molar-refractivity contribution is 0.184. The van der Waals surface area contributed by atoms with Gasteiger partial charge in [-0.25, -0.2) is 4.98 Å². The molecule has 0 aliphatic carbocycles. The Morgan fingerprint density at radius 1 is 0.974 bits per heavy atom. The van der Waals surface area contributed by atoms with Gasteiger partial charge >= 0.3 is 0 Å². The van der Waals surface area contributed by atoms with Crippen molar-refractivity contribution in [2.75, 3.05) is 20.8 Å². The number of aromatic nitrogens is 2. The van der Waals surface area contributed by atoms with Crippen molar-refractivity contribution in [1.29, 1.82) is 0 Å². The SMILES string of the molecule is COc1cc(C=Nn2c(-c3cc4ccccc4o3)nc3ccccc3c2=O)cc(OC)c1OCC(C)(C)C. The summed E-state index contributed by atoms with van der Waals surface area (Å²) in [6.07, 6.45) is 1.56. The number of para-hydroxylation sites is 2. The summed E-state index contributed by atoms with van der Waals surface area (Å²) in [5.74, 6) is 2.24. The minimum absolute atomic E-state index is 0.0482. The molecule has 0 fully saturated rings. The van der Waals surface area contributed by atoms with Crippen LogP contribution in [0.2, 0.25) is 0 Å². The Kier molecular flexibility index (Phi) is 6.63. The summed E-state index contributed by atoms with van der Waals surface area (Å²) in [7, 11) is 3.13. The Balaban J connectivity index is 1.62. The van der Waals surface area contributed by atoms with Crippen molar-refractivity contribution >= 4 is 28.1 Å². The van der Waals surface area contributed by atoms with Gasteiger partial charge in [-0.3, -0.25) is 4.79 Å². The average molecular weight is 512 g/mol. The molecule has 8 heteroatoms. The van der Waals surface area contributed by atoms with Crippen molar-refractivity contribution in [1.82, 2.24) is 9.66 Å². The standard InChI is InChI=1S/C30H29N3O5/c1-30(2,3)18-37-27-24(35-4)14-19(15-25(27)36-5)17-31-33-28(26-16-20-10-6-9-13-23(20)38-26)32-22-12-8-7-11-21(22)29(33)34/h6-17H,18H2,1-5H3. The number of ether oxygens (including phenoxy) is 3. The van der Waals surface area contributed by atoms with Crippen LogP contribution < -0.4 is 19.8 Å². The van der Waals surface area contributed by atoms with Gasteiger partial charge in [0.1, 0.15) is 5.58 Å². The van der Waals surface area contributed by atoms with Crippen LogP contribution >= 0.6 is 0 Å². The third-order valence-corrected chi connectivity index (χ3v) is 5.85. The van der Waals surface area contributed by atoms with Crippen molar-refractivity contribution < 1.29 is 18.6 Å². The zero-order chi connectivity index (χ0) is 26.9. The fourth-order valence-electron chi connectivity index (χ4n) is 4.01. The predicted molar refractivity (Wildman–Crippen MR) is 149 cm³/mol. The summed E-state index contributed by atoms with van der Waals surface area (Å²) in [4.78, 5) is 18.3. The minimum Gasteiger partial charge on any atom is -0.493 e. The molecular weight excluding hydrogens is 482 g/mol. The van der Waals surface area contributed by atoms with Gasteiger partial charge in [0.05, 0.1) is 37.9 Å². The van der Waals surface area contributed by atoms with Crippen LogP contribution in [-0.4, -0.2) is 36.7 Å². The molecule has 0 saturated heterocycles. The van der Waals surface area contributed by atoms with Crippen LogP contribution in [0.3, 0.4) is 0 Å². The van der Waals surface area contributed by atoms with Crippen molar-refractivity contribution in [2.45, 2.75) is 20.8 Å². The summed E-state index contributed by atoms with van der Waals surface area (Å²) < 4.78 is 24.5. The Morgan fingerprint density at radius 3 is 2.34 bits per heavy atom. The molecule has 8 nitrogen and oxygen atoms in total. The van der Waals surface area contributed by atoms with Gasteiger partial charge in [0.15, 0.2) is 17.3 Å². The highest BCUT2D eigenvalue weighted by atomic mass is 16.5. The predicted octanol–water partition coefficient (Wildman–Crippen LogP) is 6.13. The van der Waals surface area contributed by atoms with Crippen LogP contribution in [0, 0.1) is 5.41 Å². The van der Waals surface area contributed by atoms with Gasteiger partial charge in [0, 0.05) is 10.9 Å². The van der Waals surface area contributed by atoms with Crippen LogP contribution in [0.25, 0.3) is 33.5 Å². The number of fused-ring (bicyclic) bond motifs is 2. The number of nitrogens with zero attached hydrogens (tertiary/aromatic N) is 3. The highest BCUT2D eigenvalue weighted by Gasteiger charge is 2.19. The van der Waals surface area contributed by atoms with E-state index in [-0.39, 0.29) is 11.0 Å². The van der Waals surface area contributed by atoms with Crippen molar-refractivity contribution in [3.8, 4) is 28.8 Å². The second kappa shape index (κ2) is 10.0. The monoisotopic (exact) mass is 511 g/mol. The lowest BCUT2D eigenvalue weighted by Gasteiger charge is -2.21. The molecule has 0 atom stereocenters. The minimum atomic E-state index is -0.314. The zero-order valence-corrected chi connectivity index (χ0v) is 22.0. The normalized spacial score (nSPS) is 11.9. The van der Waals surface area contributed by atoms with Crippen molar-refractivity contribution in [3.63, 3.8) is 0 Å². The maximum absolute atomic E-state index is 13.5. The molecule has 38 heavy (non-hydrogen) atoms. The van der Waals surface area contributed by atoms with Gasteiger partial charge < -0.3 is 18.6 Å². The molecule has 0 saturated carbocycles. The Morgan fingerprint density at radius 2 is 1.66 bits per heavy atom. The van der Waals surface area contributed by atoms with Gasteiger partial charge in [0.2, 0.25) is 11.6 Å². The van der Waals surface area contributed by atoms with E-state index in [1.54, 1.807) is 50.8 Å². The first-order valence-electron chi connectivity index (χ1n) is 12.2. The molecule has 0 aliphatic heterocycles. The number of hydrogen-bond acceptors (Lipinski definition) is 7. The van der Waals surface area contributed by atoms with Gasteiger partial charge in [-0.15, -0.1) is 0 Å². The molecule has 194 valence electrons. The molecule has 0 aliphatic rings. The van der Waals surface area contributed by atoms with Crippen LogP contribution in [0.1, 0.15) is 26.3 Å². The molecule has 0 amide bonds. The first-order valence-corrected chi connectivity index (χ1v) is 12.2. The third-order valence-electron chi connectivity index (χ3n) is 5.85. The third kappa shape index (κ3) is 4.98. The maximum Gasteiger partial charge on any atom is 0.282 e. The van der Waals surface area contributed by atoms with Crippen LogP contribution in [0.15, 0.2) is 81.0 Å². The summed E-state index contributed by atoms with van der Waals surface area (Å²) >= 11 is 0. The van der Waals surface area contributed by atoms with E-state index >= 15 is 0 Å². The number of furan rings is 1. The highest BCUT2D eigenvalue weighted by Crippen LogP contribution is 2.39. The van der Waals surface area contributed by atoms with Crippen LogP contribution in [-0.2, 0) is 0 Å². The van der Waals surface area contributed by atoms with E-state index in [0.717, 1.165) is 5.39 Å². The lowest BCUT2D eigenvalue weighted by Crippen LogP contribution is -2.20. The van der Waals surface area contributed by atoms with E-state index in [2.05, 4.69) is 25.9 Å². The lowest BCUT2D eigenvalue weighted by atomic mass is 9.99. The van der Waals surface area contributed by atoms with E-state index < -0.39 is 0 Å². The van der Waals surface area contributed by atoms with E-state index in [0.29, 0.717) is 57.5 Å². The Bertz CT molecular complexity index is 1650. The molecule has 0 radical (unpaired) electrons. The molecule has 0 bridgehead atoms. The number of hydrogen-bond donors (Lipinski definition) is 0. The van der Waals surface area contributed by atoms with Crippen LogP contribution in [0.5, 0.6) is 17.2 Å². The molecule has 0 spiro atoms.